The third kappa shape index (κ3) is 2.65. The first-order valence-electron chi connectivity index (χ1n) is 6.85. The lowest BCUT2D eigenvalue weighted by Crippen LogP contribution is -2.36. The Morgan fingerprint density at radius 3 is 1.90 bits per heavy atom. The molecule has 2 amide bonds. The summed E-state index contributed by atoms with van der Waals surface area (Å²) in [4.78, 5) is 25.6. The molecule has 0 unspecified atom stereocenters. The average Bonchev–Trinajstić information content (AvgIpc) is 2.96. The van der Waals surface area contributed by atoms with Crippen LogP contribution in [0.3, 0.4) is 0 Å². The fraction of sp³-hybridized carbons (Fsp3) is 0.176. The summed E-state index contributed by atoms with van der Waals surface area (Å²) in [6.07, 6.45) is -0.558. The van der Waals surface area contributed by atoms with Gasteiger partial charge in [-0.05, 0) is 11.1 Å². The zero-order valence-electron chi connectivity index (χ0n) is 11.4. The molecule has 3 rings (SSSR count). The number of amides is 2. The summed E-state index contributed by atoms with van der Waals surface area (Å²) in [5.41, 5.74) is 1.74. The lowest BCUT2D eigenvalue weighted by Gasteiger charge is -2.21. The summed E-state index contributed by atoms with van der Waals surface area (Å²) in [5.74, 6) is -0.729. The van der Waals surface area contributed by atoms with Crippen LogP contribution < -0.4 is 0 Å². The Kier molecular flexibility index (Phi) is 3.69. The normalized spacial score (nSPS) is 14.3. The molecule has 0 spiro atoms. The van der Waals surface area contributed by atoms with Crippen LogP contribution in [0, 0.1) is 0 Å². The largest absolute Gasteiger partial charge is 0.447 e. The third-order valence-electron chi connectivity index (χ3n) is 3.54. The molecule has 4 heteroatoms. The van der Waals surface area contributed by atoms with Gasteiger partial charge in [-0.25, -0.2) is 9.69 Å². The Morgan fingerprint density at radius 1 is 0.952 bits per heavy atom. The number of hydrogen-bond acceptors (Lipinski definition) is 3. The van der Waals surface area contributed by atoms with Gasteiger partial charge in [0.1, 0.15) is 6.61 Å². The summed E-state index contributed by atoms with van der Waals surface area (Å²) in [7, 11) is 0. The van der Waals surface area contributed by atoms with Gasteiger partial charge in [-0.2, -0.15) is 0 Å². The molecule has 2 aromatic rings. The molecule has 0 atom stereocenters. The van der Waals surface area contributed by atoms with Crippen molar-refractivity contribution in [3.8, 4) is 0 Å². The Bertz CT molecular complexity index is 600. The minimum atomic E-state index is -0.558. The molecule has 0 aliphatic carbocycles. The van der Waals surface area contributed by atoms with Gasteiger partial charge in [0.2, 0.25) is 5.91 Å². The topological polar surface area (TPSA) is 46.6 Å². The molecule has 4 nitrogen and oxygen atoms in total. The minimum Gasteiger partial charge on any atom is -0.447 e. The molecule has 0 bridgehead atoms. The number of carbonyl (C=O) groups excluding carboxylic acids is 2. The Hall–Kier alpha value is -2.62. The Morgan fingerprint density at radius 2 is 1.48 bits per heavy atom. The van der Waals surface area contributed by atoms with Crippen molar-refractivity contribution in [2.45, 2.75) is 5.92 Å². The number of benzene rings is 2. The maximum Gasteiger partial charge on any atom is 0.416 e. The number of carbonyl (C=O) groups is 2. The number of hydrogen-bond donors (Lipinski definition) is 0. The number of cyclic esters (lactones) is 1. The van der Waals surface area contributed by atoms with Crippen LogP contribution in [0.25, 0.3) is 0 Å². The van der Waals surface area contributed by atoms with E-state index in [1.807, 2.05) is 60.7 Å². The van der Waals surface area contributed by atoms with Gasteiger partial charge in [-0.15, -0.1) is 0 Å². The van der Waals surface area contributed by atoms with Crippen LogP contribution in [0.15, 0.2) is 60.7 Å². The van der Waals surface area contributed by atoms with E-state index in [0.717, 1.165) is 11.1 Å². The van der Waals surface area contributed by atoms with Crippen molar-refractivity contribution >= 4 is 12.0 Å². The first-order valence-corrected chi connectivity index (χ1v) is 6.85. The molecule has 1 aliphatic rings. The predicted molar refractivity (Wildman–Crippen MR) is 77.8 cm³/mol. The lowest BCUT2D eigenvalue weighted by atomic mass is 9.90. The fourth-order valence-electron chi connectivity index (χ4n) is 2.52. The molecule has 0 aromatic heterocycles. The minimum absolute atomic E-state index is 0.241. The zero-order valence-corrected chi connectivity index (χ0v) is 11.4. The van der Waals surface area contributed by atoms with Crippen LogP contribution in [0.4, 0.5) is 4.79 Å². The van der Waals surface area contributed by atoms with Gasteiger partial charge in [-0.3, -0.25) is 4.79 Å². The van der Waals surface area contributed by atoms with Crippen molar-refractivity contribution in [3.05, 3.63) is 71.8 Å². The van der Waals surface area contributed by atoms with Crippen molar-refractivity contribution in [1.82, 2.24) is 4.90 Å². The zero-order chi connectivity index (χ0) is 14.7. The summed E-state index contributed by atoms with van der Waals surface area (Å²) in [6.45, 7) is 0.578. The van der Waals surface area contributed by atoms with Crippen molar-refractivity contribution < 1.29 is 14.3 Å². The highest BCUT2D eigenvalue weighted by molar-refractivity contribution is 5.98. The molecule has 21 heavy (non-hydrogen) atoms. The van der Waals surface area contributed by atoms with Gasteiger partial charge >= 0.3 is 6.09 Å². The average molecular weight is 281 g/mol. The van der Waals surface area contributed by atoms with E-state index in [4.69, 9.17) is 4.74 Å². The van der Waals surface area contributed by atoms with Crippen LogP contribution in [-0.4, -0.2) is 30.1 Å². The van der Waals surface area contributed by atoms with Crippen LogP contribution in [-0.2, 0) is 9.53 Å². The Labute approximate surface area is 123 Å². The lowest BCUT2D eigenvalue weighted by molar-refractivity contribution is -0.128. The van der Waals surface area contributed by atoms with Crippen LogP contribution in [0.5, 0.6) is 0 Å². The third-order valence-corrected chi connectivity index (χ3v) is 3.54. The molecule has 106 valence electrons. The van der Waals surface area contributed by atoms with E-state index in [-0.39, 0.29) is 12.5 Å². The maximum atomic E-state index is 12.8. The van der Waals surface area contributed by atoms with Gasteiger partial charge in [0.15, 0.2) is 0 Å². The highest BCUT2D eigenvalue weighted by atomic mass is 16.6. The molecule has 1 aliphatic heterocycles. The first-order chi connectivity index (χ1) is 10.3. The van der Waals surface area contributed by atoms with Gasteiger partial charge in [0, 0.05) is 0 Å². The highest BCUT2D eigenvalue weighted by Gasteiger charge is 2.34. The number of imide groups is 1. The van der Waals surface area contributed by atoms with Gasteiger partial charge < -0.3 is 4.74 Å². The van der Waals surface area contributed by atoms with E-state index in [2.05, 4.69) is 0 Å². The predicted octanol–water partition coefficient (Wildman–Crippen LogP) is 2.80. The van der Waals surface area contributed by atoms with Gasteiger partial charge in [0.25, 0.3) is 0 Å². The molecule has 0 N–H and O–H groups in total. The summed E-state index contributed by atoms with van der Waals surface area (Å²) < 4.78 is 4.87. The number of nitrogens with zero attached hydrogens (tertiary/aromatic N) is 1. The van der Waals surface area contributed by atoms with Crippen LogP contribution in [0.2, 0.25) is 0 Å². The molecule has 0 radical (unpaired) electrons. The van der Waals surface area contributed by atoms with E-state index in [1.165, 1.54) is 4.90 Å². The van der Waals surface area contributed by atoms with Crippen molar-refractivity contribution in [3.63, 3.8) is 0 Å². The van der Waals surface area contributed by atoms with Crippen LogP contribution in [0.1, 0.15) is 17.0 Å². The summed E-state index contributed by atoms with van der Waals surface area (Å²) in [5, 5.41) is 0. The standard InChI is InChI=1S/C17H15NO3/c19-16(18-11-12-21-17(18)20)15(13-7-3-1-4-8-13)14-9-5-2-6-10-14/h1-10,15H,11-12H2. The molecule has 1 saturated heterocycles. The van der Waals surface area contributed by atoms with Gasteiger partial charge in [0.05, 0.1) is 12.5 Å². The number of ether oxygens (including phenoxy) is 1. The monoisotopic (exact) mass is 281 g/mol. The van der Waals surface area contributed by atoms with E-state index in [9.17, 15) is 9.59 Å². The molecule has 1 heterocycles. The van der Waals surface area contributed by atoms with E-state index >= 15 is 0 Å². The quantitative estimate of drug-likeness (QED) is 0.869. The molecule has 2 aromatic carbocycles. The van der Waals surface area contributed by atoms with Gasteiger partial charge in [-0.1, -0.05) is 60.7 Å². The fourth-order valence-corrected chi connectivity index (χ4v) is 2.52. The second-order valence-corrected chi connectivity index (χ2v) is 4.86. The number of rotatable bonds is 3. The highest BCUT2D eigenvalue weighted by Crippen LogP contribution is 2.27. The van der Waals surface area contributed by atoms with E-state index in [0.29, 0.717) is 6.54 Å². The molecular formula is C17H15NO3. The molecule has 0 saturated carbocycles. The summed E-state index contributed by atoms with van der Waals surface area (Å²) in [6, 6.07) is 19.0. The summed E-state index contributed by atoms with van der Waals surface area (Å²) >= 11 is 0. The maximum absolute atomic E-state index is 12.8. The van der Waals surface area contributed by atoms with Crippen molar-refractivity contribution in [2.75, 3.05) is 13.2 Å². The van der Waals surface area contributed by atoms with E-state index < -0.39 is 12.0 Å². The van der Waals surface area contributed by atoms with Crippen LogP contribution >= 0.6 is 0 Å². The van der Waals surface area contributed by atoms with E-state index in [1.54, 1.807) is 0 Å². The van der Waals surface area contributed by atoms with Crippen molar-refractivity contribution in [2.24, 2.45) is 0 Å². The molecular weight excluding hydrogens is 266 g/mol. The Balaban J connectivity index is 2.00. The molecule has 1 fully saturated rings. The second-order valence-electron chi connectivity index (χ2n) is 4.86. The smallest absolute Gasteiger partial charge is 0.416 e. The van der Waals surface area contributed by atoms with Crippen molar-refractivity contribution in [1.29, 1.82) is 0 Å². The SMILES string of the molecule is O=C1OCCN1C(=O)C(c1ccccc1)c1ccccc1. The second kappa shape index (κ2) is 5.79. The first kappa shape index (κ1) is 13.4.